The number of nitrogens with zero attached hydrogens (tertiary/aromatic N) is 3. The number of rotatable bonds is 7. The fourth-order valence-electron chi connectivity index (χ4n) is 2.99. The molecule has 1 heterocycles. The Morgan fingerprint density at radius 3 is 2.32 bits per heavy atom. The lowest BCUT2D eigenvalue weighted by Crippen LogP contribution is -2.34. The van der Waals surface area contributed by atoms with Gasteiger partial charge in [-0.1, -0.05) is 47.6 Å². The van der Waals surface area contributed by atoms with Gasteiger partial charge < -0.3 is 19.6 Å². The van der Waals surface area contributed by atoms with Crippen molar-refractivity contribution in [3.05, 3.63) is 71.9 Å². The van der Waals surface area contributed by atoms with Gasteiger partial charge in [0.15, 0.2) is 11.5 Å². The predicted octanol–water partition coefficient (Wildman–Crippen LogP) is 3.44. The summed E-state index contributed by atoms with van der Waals surface area (Å²) < 4.78 is 5.32. The molecule has 2 aromatic carbocycles. The van der Waals surface area contributed by atoms with E-state index in [0.717, 1.165) is 16.8 Å². The number of likely N-dealkylation sites (N-methyl/N-ethyl adjacent to an activating group) is 1. The lowest BCUT2D eigenvalue weighted by molar-refractivity contribution is 0.0933. The molecular formula is C22H26N4O2. The van der Waals surface area contributed by atoms with Gasteiger partial charge in [0.25, 0.3) is 5.91 Å². The molecule has 0 unspecified atom stereocenters. The van der Waals surface area contributed by atoms with Crippen LogP contribution in [0.25, 0.3) is 11.3 Å². The molecule has 1 N–H and O–H groups in total. The maximum absolute atomic E-state index is 12.5. The lowest BCUT2D eigenvalue weighted by Gasteiger charge is -2.25. The highest BCUT2D eigenvalue weighted by molar-refractivity contribution is 5.93. The number of anilines is 1. The van der Waals surface area contributed by atoms with Crippen molar-refractivity contribution in [2.45, 2.75) is 6.04 Å². The van der Waals surface area contributed by atoms with Gasteiger partial charge in [0.05, 0.1) is 6.04 Å². The Bertz CT molecular complexity index is 902. The Morgan fingerprint density at radius 1 is 1.04 bits per heavy atom. The summed E-state index contributed by atoms with van der Waals surface area (Å²) in [5.74, 6) is 0.330. The van der Waals surface area contributed by atoms with E-state index in [2.05, 4.69) is 44.5 Å². The van der Waals surface area contributed by atoms with E-state index in [9.17, 15) is 4.79 Å². The molecule has 1 amide bonds. The molecule has 146 valence electrons. The molecule has 0 saturated carbocycles. The Balaban J connectivity index is 1.67. The molecule has 1 atom stereocenters. The molecule has 0 aliphatic rings. The van der Waals surface area contributed by atoms with Crippen LogP contribution in [0.3, 0.4) is 0 Å². The van der Waals surface area contributed by atoms with Crippen molar-refractivity contribution in [1.29, 1.82) is 0 Å². The van der Waals surface area contributed by atoms with Crippen LogP contribution in [0.5, 0.6) is 0 Å². The number of carbonyl (C=O) groups excluding carboxylic acids is 1. The Hall–Kier alpha value is -3.12. The maximum Gasteiger partial charge on any atom is 0.273 e. The molecule has 3 rings (SSSR count). The highest BCUT2D eigenvalue weighted by atomic mass is 16.5. The standard InChI is InChI=1S/C22H26N4O2/c1-25(2)18-12-10-16(11-13-18)20(26(3)4)15-23-22(27)19-14-21(28-24-19)17-8-6-5-7-9-17/h5-14,20H,15H2,1-4H3,(H,23,27)/t20-/m0/s1. The van der Waals surface area contributed by atoms with Crippen LogP contribution in [0.15, 0.2) is 65.2 Å². The third kappa shape index (κ3) is 4.58. The zero-order valence-electron chi connectivity index (χ0n) is 16.7. The van der Waals surface area contributed by atoms with E-state index < -0.39 is 0 Å². The van der Waals surface area contributed by atoms with E-state index in [1.54, 1.807) is 6.07 Å². The number of hydrogen-bond acceptors (Lipinski definition) is 5. The van der Waals surface area contributed by atoms with Crippen LogP contribution in [-0.2, 0) is 0 Å². The van der Waals surface area contributed by atoms with E-state index in [4.69, 9.17) is 4.52 Å². The molecule has 0 saturated heterocycles. The van der Waals surface area contributed by atoms with Crippen molar-refractivity contribution in [3.63, 3.8) is 0 Å². The minimum Gasteiger partial charge on any atom is -0.378 e. The van der Waals surface area contributed by atoms with Gasteiger partial charge in [-0.15, -0.1) is 0 Å². The molecule has 0 spiro atoms. The lowest BCUT2D eigenvalue weighted by atomic mass is 10.1. The quantitative estimate of drug-likeness (QED) is 0.682. The van der Waals surface area contributed by atoms with Gasteiger partial charge in [0.2, 0.25) is 0 Å². The fraction of sp³-hybridized carbons (Fsp3) is 0.273. The van der Waals surface area contributed by atoms with Crippen LogP contribution >= 0.6 is 0 Å². The zero-order chi connectivity index (χ0) is 20.1. The van der Waals surface area contributed by atoms with Gasteiger partial charge in [0.1, 0.15) is 0 Å². The summed E-state index contributed by atoms with van der Waals surface area (Å²) in [6, 6.07) is 19.7. The maximum atomic E-state index is 12.5. The van der Waals surface area contributed by atoms with Crippen LogP contribution < -0.4 is 10.2 Å². The molecule has 28 heavy (non-hydrogen) atoms. The SMILES string of the molecule is CN(C)c1ccc([C@H](CNC(=O)c2cc(-c3ccccc3)on2)N(C)C)cc1. The normalized spacial score (nSPS) is 12.0. The van der Waals surface area contributed by atoms with Crippen LogP contribution in [0.1, 0.15) is 22.1 Å². The third-order valence-electron chi connectivity index (χ3n) is 4.67. The second kappa shape index (κ2) is 8.71. The molecule has 0 aliphatic carbocycles. The second-order valence-corrected chi connectivity index (χ2v) is 7.12. The van der Waals surface area contributed by atoms with Crippen molar-refractivity contribution in [1.82, 2.24) is 15.4 Å². The van der Waals surface area contributed by atoms with Crippen molar-refractivity contribution in [3.8, 4) is 11.3 Å². The van der Waals surface area contributed by atoms with Gasteiger partial charge in [0, 0.05) is 38.0 Å². The van der Waals surface area contributed by atoms with E-state index in [1.165, 1.54) is 0 Å². The Kier molecular flexibility index (Phi) is 6.11. The predicted molar refractivity (Wildman–Crippen MR) is 111 cm³/mol. The van der Waals surface area contributed by atoms with Gasteiger partial charge in [-0.05, 0) is 31.8 Å². The molecule has 0 aliphatic heterocycles. The van der Waals surface area contributed by atoms with Crippen molar-refractivity contribution >= 4 is 11.6 Å². The largest absolute Gasteiger partial charge is 0.378 e. The number of carbonyl (C=O) groups is 1. The van der Waals surface area contributed by atoms with E-state index in [1.807, 2.05) is 58.5 Å². The highest BCUT2D eigenvalue weighted by Crippen LogP contribution is 2.22. The van der Waals surface area contributed by atoms with Crippen molar-refractivity contribution < 1.29 is 9.32 Å². The first-order valence-corrected chi connectivity index (χ1v) is 9.19. The fourth-order valence-corrected chi connectivity index (χ4v) is 2.99. The summed E-state index contributed by atoms with van der Waals surface area (Å²) in [7, 11) is 8.03. The van der Waals surface area contributed by atoms with Gasteiger partial charge in [-0.25, -0.2) is 0 Å². The third-order valence-corrected chi connectivity index (χ3v) is 4.67. The van der Waals surface area contributed by atoms with E-state index >= 15 is 0 Å². The van der Waals surface area contributed by atoms with Gasteiger partial charge in [-0.2, -0.15) is 0 Å². The van der Waals surface area contributed by atoms with Crippen LogP contribution in [0, 0.1) is 0 Å². The van der Waals surface area contributed by atoms with Gasteiger partial charge in [-0.3, -0.25) is 4.79 Å². The summed E-state index contributed by atoms with van der Waals surface area (Å²) in [4.78, 5) is 16.7. The monoisotopic (exact) mass is 378 g/mol. The van der Waals surface area contributed by atoms with Crippen LogP contribution in [-0.4, -0.2) is 50.7 Å². The number of aromatic nitrogens is 1. The smallest absolute Gasteiger partial charge is 0.273 e. The first kappa shape index (κ1) is 19.6. The summed E-state index contributed by atoms with van der Waals surface area (Å²) in [5.41, 5.74) is 3.45. The number of hydrogen-bond donors (Lipinski definition) is 1. The minimum absolute atomic E-state index is 0.0562. The molecule has 0 bridgehead atoms. The molecular weight excluding hydrogens is 352 g/mol. The molecule has 6 nitrogen and oxygen atoms in total. The van der Waals surface area contributed by atoms with Gasteiger partial charge >= 0.3 is 0 Å². The molecule has 6 heteroatoms. The first-order valence-electron chi connectivity index (χ1n) is 9.19. The van der Waals surface area contributed by atoms with Crippen molar-refractivity contribution in [2.24, 2.45) is 0 Å². The van der Waals surface area contributed by atoms with Crippen LogP contribution in [0.2, 0.25) is 0 Å². The molecule has 0 fully saturated rings. The van der Waals surface area contributed by atoms with E-state index in [-0.39, 0.29) is 17.6 Å². The number of benzene rings is 2. The summed E-state index contributed by atoms with van der Waals surface area (Å²) in [5, 5.41) is 6.88. The molecule has 0 radical (unpaired) electrons. The average molecular weight is 378 g/mol. The zero-order valence-corrected chi connectivity index (χ0v) is 16.7. The van der Waals surface area contributed by atoms with Crippen LogP contribution in [0.4, 0.5) is 5.69 Å². The second-order valence-electron chi connectivity index (χ2n) is 7.12. The number of nitrogens with one attached hydrogen (secondary N) is 1. The molecule has 3 aromatic rings. The summed E-state index contributed by atoms with van der Waals surface area (Å²) in [6.07, 6.45) is 0. The van der Waals surface area contributed by atoms with Crippen molar-refractivity contribution in [2.75, 3.05) is 39.6 Å². The van der Waals surface area contributed by atoms with E-state index in [0.29, 0.717) is 12.3 Å². The minimum atomic E-state index is -0.248. The Morgan fingerprint density at radius 2 is 1.71 bits per heavy atom. The Labute approximate surface area is 165 Å². The first-order chi connectivity index (χ1) is 13.5. The summed E-state index contributed by atoms with van der Waals surface area (Å²) >= 11 is 0. The number of amides is 1. The summed E-state index contributed by atoms with van der Waals surface area (Å²) in [6.45, 7) is 0.473. The highest BCUT2D eigenvalue weighted by Gasteiger charge is 2.18. The molecule has 1 aromatic heterocycles. The average Bonchev–Trinajstić information content (AvgIpc) is 3.19. The topological polar surface area (TPSA) is 61.6 Å².